The lowest BCUT2D eigenvalue weighted by atomic mass is 9.87. The van der Waals surface area contributed by atoms with E-state index >= 15 is 0 Å². The molecule has 0 saturated heterocycles. The predicted octanol–water partition coefficient (Wildman–Crippen LogP) is 5.51. The molecule has 214 valence electrons. The summed E-state index contributed by atoms with van der Waals surface area (Å²) >= 11 is 0. The van der Waals surface area contributed by atoms with Crippen LogP contribution in [0.15, 0.2) is 42.8 Å². The van der Waals surface area contributed by atoms with Crippen LogP contribution < -0.4 is 10.6 Å². The van der Waals surface area contributed by atoms with E-state index in [4.69, 9.17) is 0 Å². The van der Waals surface area contributed by atoms with Gasteiger partial charge in [-0.15, -0.1) is 6.58 Å². The quantitative estimate of drug-likeness (QED) is 0.0925. The molecule has 0 fully saturated rings. The van der Waals surface area contributed by atoms with Crippen molar-refractivity contribution < 1.29 is 19.8 Å². The monoisotopic (exact) mass is 529 g/mol. The van der Waals surface area contributed by atoms with Crippen LogP contribution in [0.25, 0.3) is 5.57 Å². The van der Waals surface area contributed by atoms with E-state index in [0.717, 1.165) is 36.9 Å². The van der Waals surface area contributed by atoms with Crippen LogP contribution in [0.1, 0.15) is 97.0 Å². The van der Waals surface area contributed by atoms with Gasteiger partial charge in [-0.3, -0.25) is 9.59 Å². The van der Waals surface area contributed by atoms with Gasteiger partial charge in [0.2, 0.25) is 0 Å². The third-order valence-electron chi connectivity index (χ3n) is 6.83. The van der Waals surface area contributed by atoms with Gasteiger partial charge in [-0.1, -0.05) is 70.8 Å². The Balaban J connectivity index is 3.38. The topological polar surface area (TPSA) is 104 Å². The average molecular weight is 530 g/mol. The Labute approximate surface area is 230 Å². The van der Waals surface area contributed by atoms with Gasteiger partial charge in [0.1, 0.15) is 0 Å². The van der Waals surface area contributed by atoms with Crippen molar-refractivity contribution in [1.82, 2.24) is 15.2 Å². The molecule has 1 rings (SSSR count). The molecule has 38 heavy (non-hydrogen) atoms. The number of hydrogen-bond donors (Lipinski definition) is 4. The van der Waals surface area contributed by atoms with Gasteiger partial charge >= 0.3 is 11.8 Å². The first-order valence-corrected chi connectivity index (χ1v) is 14.1. The smallest absolute Gasteiger partial charge is 0.309 e. The molecule has 0 radical (unpaired) electrons. The number of aromatic nitrogens is 1. The van der Waals surface area contributed by atoms with E-state index < -0.39 is 18.1 Å². The highest BCUT2D eigenvalue weighted by Crippen LogP contribution is 2.31. The Morgan fingerprint density at radius 3 is 2.39 bits per heavy atom. The lowest BCUT2D eigenvalue weighted by molar-refractivity contribution is -0.138. The zero-order chi connectivity index (χ0) is 28.7. The lowest BCUT2D eigenvalue weighted by Crippen LogP contribution is -2.38. The van der Waals surface area contributed by atoms with Gasteiger partial charge in [-0.2, -0.15) is 0 Å². The maximum atomic E-state index is 12.0. The fraction of sp³-hybridized carbons (Fsp3) is 0.613. The summed E-state index contributed by atoms with van der Waals surface area (Å²) in [4.78, 5) is 23.7. The summed E-state index contributed by atoms with van der Waals surface area (Å²) in [5.74, 6) is -0.294. The van der Waals surface area contributed by atoms with Gasteiger partial charge in [0.15, 0.2) is 6.29 Å². The van der Waals surface area contributed by atoms with Gasteiger partial charge in [-0.25, -0.2) is 0 Å². The Morgan fingerprint density at radius 2 is 1.82 bits per heavy atom. The van der Waals surface area contributed by atoms with Crippen molar-refractivity contribution in [3.05, 3.63) is 53.9 Å². The summed E-state index contributed by atoms with van der Waals surface area (Å²) in [7, 11) is 1.42. The molecule has 2 atom stereocenters. The first-order chi connectivity index (χ1) is 18.0. The number of carbonyl (C=O) groups excluding carboxylic acids is 2. The number of likely N-dealkylation sites (N-methyl/N-ethyl adjacent to an activating group) is 1. The zero-order valence-corrected chi connectivity index (χ0v) is 24.4. The molecule has 2 unspecified atom stereocenters. The van der Waals surface area contributed by atoms with Crippen molar-refractivity contribution in [3.63, 3.8) is 0 Å². The minimum Gasteiger partial charge on any atom is -0.364 e. The summed E-state index contributed by atoms with van der Waals surface area (Å²) in [6, 6.07) is 0. The number of carbonyl (C=O) groups is 2. The Bertz CT molecular complexity index is 943. The highest BCUT2D eigenvalue weighted by molar-refractivity contribution is 6.35. The number of allylic oxidation sites excluding steroid dienone is 4. The zero-order valence-electron chi connectivity index (χ0n) is 24.4. The van der Waals surface area contributed by atoms with Crippen molar-refractivity contribution in [1.29, 1.82) is 0 Å². The van der Waals surface area contributed by atoms with Crippen LogP contribution in [-0.2, 0) is 16.1 Å². The number of hydrogen-bond acceptors (Lipinski definition) is 4. The molecule has 0 bridgehead atoms. The Kier molecular flexibility index (Phi) is 15.6. The molecule has 2 amide bonds. The van der Waals surface area contributed by atoms with Gasteiger partial charge in [-0.05, 0) is 55.9 Å². The molecule has 1 aromatic heterocycles. The van der Waals surface area contributed by atoms with E-state index in [1.807, 2.05) is 16.8 Å². The molecular weight excluding hydrogens is 478 g/mol. The van der Waals surface area contributed by atoms with Crippen LogP contribution in [-0.4, -0.2) is 40.2 Å². The van der Waals surface area contributed by atoms with E-state index in [9.17, 15) is 19.8 Å². The minimum atomic E-state index is -1.62. The van der Waals surface area contributed by atoms with Crippen LogP contribution in [0.2, 0.25) is 0 Å². The SMILES string of the molecule is C=CCCCn1cc(/C(=C\C(/C=C(\C)CC(C)CCCC)C(C)C)CCNC(=O)C(=O)NC)c(C(O)O)c1. The Morgan fingerprint density at radius 1 is 1.11 bits per heavy atom. The fourth-order valence-electron chi connectivity index (χ4n) is 4.63. The van der Waals surface area contributed by atoms with Crippen LogP contribution in [0, 0.1) is 17.8 Å². The number of aryl methyl sites for hydroxylation is 1. The summed E-state index contributed by atoms with van der Waals surface area (Å²) in [5.41, 5.74) is 3.44. The lowest BCUT2D eigenvalue weighted by Gasteiger charge is -2.19. The molecule has 4 N–H and O–H groups in total. The van der Waals surface area contributed by atoms with Crippen molar-refractivity contribution in [2.45, 2.75) is 92.4 Å². The van der Waals surface area contributed by atoms with E-state index in [2.05, 4.69) is 64.0 Å². The molecule has 0 aliphatic heterocycles. The molecular formula is C31H51N3O4. The number of unbranched alkanes of at least 4 members (excludes halogenated alkanes) is 2. The van der Waals surface area contributed by atoms with Crippen molar-refractivity contribution in [2.75, 3.05) is 13.6 Å². The molecule has 0 aliphatic rings. The highest BCUT2D eigenvalue weighted by Gasteiger charge is 2.20. The third-order valence-corrected chi connectivity index (χ3v) is 6.83. The molecule has 1 aromatic rings. The summed E-state index contributed by atoms with van der Waals surface area (Å²) in [5, 5.41) is 25.4. The second kappa shape index (κ2) is 17.8. The van der Waals surface area contributed by atoms with Crippen LogP contribution >= 0.6 is 0 Å². The largest absolute Gasteiger partial charge is 0.364 e. The van der Waals surface area contributed by atoms with Crippen LogP contribution in [0.4, 0.5) is 0 Å². The molecule has 7 heteroatoms. The molecule has 0 spiro atoms. The van der Waals surface area contributed by atoms with Crippen molar-refractivity contribution in [3.8, 4) is 0 Å². The number of nitrogens with zero attached hydrogens (tertiary/aromatic N) is 1. The number of amides is 2. The fourth-order valence-corrected chi connectivity index (χ4v) is 4.63. The van der Waals surface area contributed by atoms with Crippen molar-refractivity contribution in [2.24, 2.45) is 17.8 Å². The molecule has 0 aromatic carbocycles. The van der Waals surface area contributed by atoms with E-state index in [1.165, 1.54) is 31.9 Å². The summed E-state index contributed by atoms with van der Waals surface area (Å²) in [6.07, 6.45) is 15.4. The van der Waals surface area contributed by atoms with Gasteiger partial charge < -0.3 is 25.4 Å². The van der Waals surface area contributed by atoms with Gasteiger partial charge in [0, 0.05) is 43.7 Å². The Hall–Kier alpha value is -2.64. The number of nitrogens with one attached hydrogen (secondary N) is 2. The maximum Gasteiger partial charge on any atom is 0.309 e. The first kappa shape index (κ1) is 33.4. The number of aliphatic hydroxyl groups excluding tert-OH is 1. The van der Waals surface area contributed by atoms with Crippen LogP contribution in [0.5, 0.6) is 0 Å². The van der Waals surface area contributed by atoms with Crippen LogP contribution in [0.3, 0.4) is 0 Å². The third kappa shape index (κ3) is 11.8. The first-order valence-electron chi connectivity index (χ1n) is 14.1. The molecule has 0 saturated carbocycles. The molecule has 0 aliphatic carbocycles. The van der Waals surface area contributed by atoms with E-state index in [1.54, 1.807) is 6.20 Å². The second-order valence-electron chi connectivity index (χ2n) is 10.7. The second-order valence-corrected chi connectivity index (χ2v) is 10.7. The number of rotatable bonds is 17. The maximum absolute atomic E-state index is 12.0. The minimum absolute atomic E-state index is 0.130. The summed E-state index contributed by atoms with van der Waals surface area (Å²) in [6.45, 7) is 15.8. The van der Waals surface area contributed by atoms with E-state index in [-0.39, 0.29) is 12.5 Å². The van der Waals surface area contributed by atoms with Gasteiger partial charge in [0.05, 0.1) is 0 Å². The highest BCUT2D eigenvalue weighted by atomic mass is 16.5. The van der Waals surface area contributed by atoms with Crippen molar-refractivity contribution >= 4 is 17.4 Å². The molecule has 1 heterocycles. The normalized spacial score (nSPS) is 14.1. The average Bonchev–Trinajstić information content (AvgIpc) is 3.30. The number of aliphatic hydroxyl groups is 2. The summed E-state index contributed by atoms with van der Waals surface area (Å²) < 4.78 is 1.98. The standard InChI is InChI=1S/C31H51N3O4/c1-8-10-12-16-34-20-27(28(21-34)31(37)38)25(14-15-33-30(36)29(35)32-7)19-26(22(3)4)18-24(6)17-23(5)13-11-9-2/h8,18-23,26,31,37-38H,1,9-17H2,2-7H3,(H,32,35)(H,33,36)/b24-18+,25-19-. The predicted molar refractivity (Wildman–Crippen MR) is 156 cm³/mol. The van der Waals surface area contributed by atoms with Gasteiger partial charge in [0.25, 0.3) is 0 Å². The van der Waals surface area contributed by atoms with E-state index in [0.29, 0.717) is 23.8 Å². The molecule has 7 nitrogen and oxygen atoms in total.